The van der Waals surface area contributed by atoms with Crippen LogP contribution >= 0.6 is 0 Å². The topological polar surface area (TPSA) is 94.8 Å². The van der Waals surface area contributed by atoms with Crippen LogP contribution in [0.25, 0.3) is 10.9 Å². The van der Waals surface area contributed by atoms with Crippen LogP contribution in [-0.2, 0) is 11.2 Å². The Kier molecular flexibility index (Phi) is 4.66. The van der Waals surface area contributed by atoms with Crippen LogP contribution in [0.15, 0.2) is 46.1 Å². The van der Waals surface area contributed by atoms with Gasteiger partial charge in [-0.1, -0.05) is 6.07 Å². The Labute approximate surface area is 145 Å². The summed E-state index contributed by atoms with van der Waals surface area (Å²) in [6.07, 6.45) is 1.12. The molecule has 1 aromatic carbocycles. The van der Waals surface area contributed by atoms with E-state index < -0.39 is 29.1 Å². The van der Waals surface area contributed by atoms with Crippen LogP contribution in [-0.4, -0.2) is 15.9 Å². The number of aromatic amines is 2. The van der Waals surface area contributed by atoms with Gasteiger partial charge in [-0.3, -0.25) is 14.4 Å². The zero-order valence-electron chi connectivity index (χ0n) is 13.7. The molecule has 26 heavy (non-hydrogen) atoms. The highest BCUT2D eigenvalue weighted by Gasteiger charge is 2.16. The van der Waals surface area contributed by atoms with E-state index in [2.05, 4.69) is 15.3 Å². The number of carbonyl (C=O) groups is 1. The maximum Gasteiger partial charge on any atom is 0.257 e. The van der Waals surface area contributed by atoms with Crippen molar-refractivity contribution in [3.05, 3.63) is 80.0 Å². The molecule has 1 atom stereocenters. The zero-order chi connectivity index (χ0) is 18.8. The lowest BCUT2D eigenvalue weighted by molar-refractivity contribution is -0.121. The molecular formula is C18H15F2N3O3. The summed E-state index contributed by atoms with van der Waals surface area (Å²) in [6.45, 7) is 1.55. The summed E-state index contributed by atoms with van der Waals surface area (Å²) >= 11 is 0. The minimum Gasteiger partial charge on any atom is -0.349 e. The number of aromatic nitrogens is 2. The molecule has 3 N–H and O–H groups in total. The highest BCUT2D eigenvalue weighted by atomic mass is 19.1. The molecular weight excluding hydrogens is 344 g/mol. The Morgan fingerprint density at radius 1 is 1.15 bits per heavy atom. The minimum atomic E-state index is -0.770. The van der Waals surface area contributed by atoms with Crippen molar-refractivity contribution >= 4 is 16.8 Å². The number of H-pyrrole nitrogens is 2. The summed E-state index contributed by atoms with van der Waals surface area (Å²) in [4.78, 5) is 41.1. The van der Waals surface area contributed by atoms with Crippen LogP contribution in [0.3, 0.4) is 0 Å². The average Bonchev–Trinajstić information content (AvgIpc) is 2.56. The molecule has 0 unspecified atom stereocenters. The van der Waals surface area contributed by atoms with Gasteiger partial charge >= 0.3 is 0 Å². The SMILES string of the molecule is C[C@H](NC(=O)Cc1cc2c(=O)[nH]ccc2[nH]c1=O)c1ccc(F)cc1F. The third-order valence-corrected chi connectivity index (χ3v) is 4.02. The molecule has 3 rings (SSSR count). The van der Waals surface area contributed by atoms with Gasteiger partial charge in [-0.15, -0.1) is 0 Å². The fraction of sp³-hybridized carbons (Fsp3) is 0.167. The largest absolute Gasteiger partial charge is 0.349 e. The molecule has 3 aromatic rings. The van der Waals surface area contributed by atoms with E-state index in [1.807, 2.05) is 0 Å². The highest BCUT2D eigenvalue weighted by Crippen LogP contribution is 2.17. The first-order chi connectivity index (χ1) is 12.3. The molecule has 0 aliphatic carbocycles. The van der Waals surface area contributed by atoms with E-state index in [1.165, 1.54) is 18.3 Å². The van der Waals surface area contributed by atoms with Crippen molar-refractivity contribution in [2.45, 2.75) is 19.4 Å². The molecule has 6 nitrogen and oxygen atoms in total. The van der Waals surface area contributed by atoms with Crippen LogP contribution in [0.5, 0.6) is 0 Å². The minimum absolute atomic E-state index is 0.110. The predicted molar refractivity (Wildman–Crippen MR) is 91.8 cm³/mol. The summed E-state index contributed by atoms with van der Waals surface area (Å²) in [5, 5.41) is 2.81. The quantitative estimate of drug-likeness (QED) is 0.664. The maximum atomic E-state index is 13.8. The van der Waals surface area contributed by atoms with Crippen molar-refractivity contribution in [1.82, 2.24) is 15.3 Å². The lowest BCUT2D eigenvalue weighted by Crippen LogP contribution is -2.30. The molecule has 134 valence electrons. The van der Waals surface area contributed by atoms with Crippen LogP contribution in [0.2, 0.25) is 0 Å². The van der Waals surface area contributed by atoms with Gasteiger partial charge in [0, 0.05) is 23.4 Å². The van der Waals surface area contributed by atoms with Crippen molar-refractivity contribution in [1.29, 1.82) is 0 Å². The van der Waals surface area contributed by atoms with Crippen molar-refractivity contribution < 1.29 is 13.6 Å². The first-order valence-corrected chi connectivity index (χ1v) is 7.83. The molecule has 0 bridgehead atoms. The van der Waals surface area contributed by atoms with Crippen LogP contribution in [0.1, 0.15) is 24.1 Å². The monoisotopic (exact) mass is 359 g/mol. The maximum absolute atomic E-state index is 13.8. The highest BCUT2D eigenvalue weighted by molar-refractivity contribution is 5.82. The fourth-order valence-corrected chi connectivity index (χ4v) is 2.71. The second-order valence-electron chi connectivity index (χ2n) is 5.89. The van der Waals surface area contributed by atoms with E-state index in [-0.39, 0.29) is 28.5 Å². The van der Waals surface area contributed by atoms with Crippen LogP contribution < -0.4 is 16.4 Å². The van der Waals surface area contributed by atoms with Gasteiger partial charge in [0.05, 0.1) is 23.4 Å². The number of fused-ring (bicyclic) bond motifs is 1. The molecule has 0 aliphatic heterocycles. The van der Waals surface area contributed by atoms with Gasteiger partial charge in [0.25, 0.3) is 11.1 Å². The van der Waals surface area contributed by atoms with E-state index in [0.717, 1.165) is 12.1 Å². The smallest absolute Gasteiger partial charge is 0.257 e. The first kappa shape index (κ1) is 17.5. The lowest BCUT2D eigenvalue weighted by atomic mass is 10.1. The Hall–Kier alpha value is -3.29. The van der Waals surface area contributed by atoms with Gasteiger partial charge in [0.1, 0.15) is 11.6 Å². The van der Waals surface area contributed by atoms with Gasteiger partial charge in [-0.05, 0) is 25.1 Å². The van der Waals surface area contributed by atoms with Gasteiger partial charge in [0.15, 0.2) is 0 Å². The third kappa shape index (κ3) is 3.53. The number of pyridine rings is 2. The number of hydrogen-bond donors (Lipinski definition) is 3. The predicted octanol–water partition coefficient (Wildman–Crippen LogP) is 1.91. The molecule has 1 amide bonds. The number of amides is 1. The van der Waals surface area contributed by atoms with Gasteiger partial charge in [0.2, 0.25) is 5.91 Å². The standard InChI is InChI=1S/C18H15F2N3O3/c1-9(12-3-2-11(19)8-14(12)20)22-16(24)7-10-6-13-15(23-17(10)25)4-5-21-18(13)26/h2-6,8-9H,7H2,1H3,(H,21,26)(H,22,24)(H,23,25)/t9-/m0/s1. The Morgan fingerprint density at radius 2 is 1.92 bits per heavy atom. The lowest BCUT2D eigenvalue weighted by Gasteiger charge is -2.15. The normalized spacial score (nSPS) is 12.1. The van der Waals surface area contributed by atoms with Gasteiger partial charge in [-0.25, -0.2) is 8.78 Å². The first-order valence-electron chi connectivity index (χ1n) is 7.83. The van der Waals surface area contributed by atoms with Crippen LogP contribution in [0, 0.1) is 11.6 Å². The summed E-state index contributed by atoms with van der Waals surface area (Å²) < 4.78 is 26.7. The Balaban J connectivity index is 1.80. The van der Waals surface area contributed by atoms with Crippen molar-refractivity contribution in [2.24, 2.45) is 0 Å². The van der Waals surface area contributed by atoms with Crippen molar-refractivity contribution in [3.8, 4) is 0 Å². The van der Waals surface area contributed by atoms with Crippen molar-refractivity contribution in [2.75, 3.05) is 0 Å². The number of carbonyl (C=O) groups excluding carboxylic acids is 1. The number of halogens is 2. The molecule has 8 heteroatoms. The Bertz CT molecular complexity index is 1100. The molecule has 0 spiro atoms. The van der Waals surface area contributed by atoms with Crippen molar-refractivity contribution in [3.63, 3.8) is 0 Å². The van der Waals surface area contributed by atoms with E-state index in [4.69, 9.17) is 0 Å². The number of rotatable bonds is 4. The second kappa shape index (κ2) is 6.91. The van der Waals surface area contributed by atoms with E-state index in [1.54, 1.807) is 13.0 Å². The fourth-order valence-electron chi connectivity index (χ4n) is 2.71. The second-order valence-corrected chi connectivity index (χ2v) is 5.89. The zero-order valence-corrected chi connectivity index (χ0v) is 13.7. The molecule has 0 fully saturated rings. The summed E-state index contributed by atoms with van der Waals surface area (Å²) in [5.41, 5.74) is -0.271. The van der Waals surface area contributed by atoms with E-state index in [9.17, 15) is 23.2 Å². The molecule has 0 saturated carbocycles. The summed E-state index contributed by atoms with van der Waals surface area (Å²) in [7, 11) is 0. The van der Waals surface area contributed by atoms with E-state index >= 15 is 0 Å². The van der Waals surface area contributed by atoms with Gasteiger partial charge in [-0.2, -0.15) is 0 Å². The molecule has 0 aliphatic rings. The molecule has 2 heterocycles. The molecule has 0 saturated heterocycles. The number of hydrogen-bond acceptors (Lipinski definition) is 3. The number of nitrogens with one attached hydrogen (secondary N) is 3. The summed E-state index contributed by atoms with van der Waals surface area (Å²) in [5.74, 6) is -2.01. The van der Waals surface area contributed by atoms with E-state index in [0.29, 0.717) is 5.52 Å². The molecule has 2 aromatic heterocycles. The van der Waals surface area contributed by atoms with Gasteiger partial charge < -0.3 is 15.3 Å². The number of benzene rings is 1. The Morgan fingerprint density at radius 3 is 2.65 bits per heavy atom. The van der Waals surface area contributed by atoms with Crippen LogP contribution in [0.4, 0.5) is 8.78 Å². The third-order valence-electron chi connectivity index (χ3n) is 4.02. The average molecular weight is 359 g/mol. The molecule has 0 radical (unpaired) electrons. The summed E-state index contributed by atoms with van der Waals surface area (Å²) in [6, 6.07) is 5.26.